The number of carbonyl (C=O) groups is 3. The topological polar surface area (TPSA) is 97.4 Å². The number of rotatable bonds is 7. The molecular weight excluding hydrogens is 474 g/mol. The maximum Gasteiger partial charge on any atom is 0.261 e. The van der Waals surface area contributed by atoms with E-state index in [4.69, 9.17) is 14.2 Å². The Hall–Kier alpha value is -4.37. The van der Waals surface area contributed by atoms with Crippen molar-refractivity contribution in [1.82, 2.24) is 4.90 Å². The Morgan fingerprint density at radius 3 is 2.16 bits per heavy atom. The molecule has 1 saturated heterocycles. The molecule has 9 nitrogen and oxygen atoms in total. The monoisotopic (exact) mass is 501 g/mol. The van der Waals surface area contributed by atoms with E-state index in [2.05, 4.69) is 10.2 Å². The van der Waals surface area contributed by atoms with Crippen molar-refractivity contribution in [2.24, 2.45) is 0 Å². The van der Waals surface area contributed by atoms with Gasteiger partial charge < -0.3 is 24.4 Å². The largest absolute Gasteiger partial charge is 0.493 e. The molecule has 190 valence electrons. The van der Waals surface area contributed by atoms with Crippen LogP contribution in [-0.2, 0) is 11.3 Å². The molecule has 2 heterocycles. The number of benzene rings is 3. The molecule has 1 N–H and O–H groups in total. The standard InChI is InChI=1S/C28H27N3O6/c1-35-24-16-18(26(32)29-20-7-9-21(10-8-20)30-11-13-37-14-12-30)15-19(25(24)36-2)17-31-27(33)22-5-3-4-6-23(22)28(31)34/h3-10,15-16H,11-14,17H2,1-2H3,(H,29,32). The third-order valence-corrected chi connectivity index (χ3v) is 6.53. The first kappa shape index (κ1) is 24.3. The molecule has 3 aromatic carbocycles. The summed E-state index contributed by atoms with van der Waals surface area (Å²) < 4.78 is 16.4. The summed E-state index contributed by atoms with van der Waals surface area (Å²) >= 11 is 0. The van der Waals surface area contributed by atoms with Gasteiger partial charge in [-0.25, -0.2) is 0 Å². The van der Waals surface area contributed by atoms with E-state index in [1.165, 1.54) is 14.2 Å². The Morgan fingerprint density at radius 1 is 0.919 bits per heavy atom. The number of carbonyl (C=O) groups excluding carboxylic acids is 3. The van der Waals surface area contributed by atoms with Crippen molar-refractivity contribution < 1.29 is 28.6 Å². The van der Waals surface area contributed by atoms with Gasteiger partial charge in [0.1, 0.15) is 0 Å². The molecule has 0 aromatic heterocycles. The SMILES string of the molecule is COc1cc(C(=O)Nc2ccc(N3CCOCC3)cc2)cc(CN2C(=O)c3ccccc3C2=O)c1OC. The highest BCUT2D eigenvalue weighted by molar-refractivity contribution is 6.21. The minimum absolute atomic E-state index is 0.0682. The zero-order valence-corrected chi connectivity index (χ0v) is 20.7. The number of amides is 3. The van der Waals surface area contributed by atoms with E-state index in [9.17, 15) is 14.4 Å². The summed E-state index contributed by atoms with van der Waals surface area (Å²) in [6, 6.07) is 17.5. The molecule has 0 saturated carbocycles. The first-order valence-electron chi connectivity index (χ1n) is 11.9. The van der Waals surface area contributed by atoms with Crippen LogP contribution in [-0.4, -0.2) is 63.1 Å². The van der Waals surface area contributed by atoms with Crippen LogP contribution < -0.4 is 19.7 Å². The van der Waals surface area contributed by atoms with E-state index >= 15 is 0 Å². The maximum absolute atomic E-state index is 13.2. The van der Waals surface area contributed by atoms with E-state index in [0.29, 0.717) is 52.7 Å². The summed E-state index contributed by atoms with van der Waals surface area (Å²) in [5, 5.41) is 2.90. The number of ether oxygens (including phenoxy) is 3. The Balaban J connectivity index is 1.38. The molecule has 9 heteroatoms. The average Bonchev–Trinajstić information content (AvgIpc) is 3.18. The summed E-state index contributed by atoms with van der Waals surface area (Å²) in [4.78, 5) is 42.4. The summed E-state index contributed by atoms with van der Waals surface area (Å²) in [7, 11) is 2.94. The number of hydrogen-bond acceptors (Lipinski definition) is 7. The summed E-state index contributed by atoms with van der Waals surface area (Å²) in [5.41, 5.74) is 3.20. The van der Waals surface area contributed by atoms with Crippen LogP contribution in [0.1, 0.15) is 36.6 Å². The summed E-state index contributed by atoms with van der Waals surface area (Å²) in [6.45, 7) is 2.98. The number of imide groups is 1. The van der Waals surface area contributed by atoms with Crippen molar-refractivity contribution in [3.05, 3.63) is 82.9 Å². The normalized spacial score (nSPS) is 15.0. The lowest BCUT2D eigenvalue weighted by Gasteiger charge is -2.28. The second-order valence-electron chi connectivity index (χ2n) is 8.71. The number of fused-ring (bicyclic) bond motifs is 1. The lowest BCUT2D eigenvalue weighted by atomic mass is 10.1. The molecule has 37 heavy (non-hydrogen) atoms. The molecule has 1 fully saturated rings. The minimum atomic E-state index is -0.392. The number of hydrogen-bond donors (Lipinski definition) is 1. The van der Waals surface area contributed by atoms with Gasteiger partial charge in [0.15, 0.2) is 11.5 Å². The van der Waals surface area contributed by atoms with Crippen LogP contribution in [0.4, 0.5) is 11.4 Å². The van der Waals surface area contributed by atoms with Gasteiger partial charge in [-0.15, -0.1) is 0 Å². The van der Waals surface area contributed by atoms with E-state index in [0.717, 1.165) is 23.7 Å². The van der Waals surface area contributed by atoms with Gasteiger partial charge in [-0.3, -0.25) is 19.3 Å². The van der Waals surface area contributed by atoms with Gasteiger partial charge in [0, 0.05) is 35.6 Å². The predicted molar refractivity (Wildman–Crippen MR) is 138 cm³/mol. The van der Waals surface area contributed by atoms with Crippen LogP contribution in [0.3, 0.4) is 0 Å². The lowest BCUT2D eigenvalue weighted by molar-refractivity contribution is 0.0641. The Kier molecular flexibility index (Phi) is 6.78. The fraction of sp³-hybridized carbons (Fsp3) is 0.250. The Bertz CT molecular complexity index is 1310. The van der Waals surface area contributed by atoms with Crippen molar-refractivity contribution >= 4 is 29.1 Å². The van der Waals surface area contributed by atoms with Crippen molar-refractivity contribution in [2.45, 2.75) is 6.54 Å². The van der Waals surface area contributed by atoms with E-state index in [-0.39, 0.29) is 12.5 Å². The van der Waals surface area contributed by atoms with Crippen LogP contribution in [0.5, 0.6) is 11.5 Å². The van der Waals surface area contributed by atoms with Gasteiger partial charge in [-0.1, -0.05) is 12.1 Å². The first-order chi connectivity index (χ1) is 18.0. The third kappa shape index (κ3) is 4.73. The van der Waals surface area contributed by atoms with Gasteiger partial charge in [0.2, 0.25) is 0 Å². The molecule has 5 rings (SSSR count). The number of methoxy groups -OCH3 is 2. The summed E-state index contributed by atoms with van der Waals surface area (Å²) in [5.74, 6) is -0.466. The minimum Gasteiger partial charge on any atom is -0.493 e. The molecule has 0 aliphatic carbocycles. The van der Waals surface area contributed by atoms with Crippen molar-refractivity contribution in [2.75, 3.05) is 50.7 Å². The lowest BCUT2D eigenvalue weighted by Crippen LogP contribution is -2.36. The zero-order valence-electron chi connectivity index (χ0n) is 20.7. The van der Waals surface area contributed by atoms with Gasteiger partial charge in [0.25, 0.3) is 17.7 Å². The van der Waals surface area contributed by atoms with Gasteiger partial charge in [0.05, 0.1) is 45.1 Å². The third-order valence-electron chi connectivity index (χ3n) is 6.53. The molecule has 2 aliphatic rings. The Labute approximate surface area is 214 Å². The quantitative estimate of drug-likeness (QED) is 0.494. The Morgan fingerprint density at radius 2 is 1.57 bits per heavy atom. The first-order valence-corrected chi connectivity index (χ1v) is 11.9. The van der Waals surface area contributed by atoms with Gasteiger partial charge in [-0.05, 0) is 48.5 Å². The molecule has 0 radical (unpaired) electrons. The highest BCUT2D eigenvalue weighted by atomic mass is 16.5. The fourth-order valence-corrected chi connectivity index (χ4v) is 4.63. The molecule has 3 amide bonds. The van der Waals surface area contributed by atoms with Crippen LogP contribution >= 0.6 is 0 Å². The number of morpholine rings is 1. The molecular formula is C28H27N3O6. The molecule has 3 aromatic rings. The zero-order chi connectivity index (χ0) is 25.9. The van der Waals surface area contributed by atoms with Crippen molar-refractivity contribution in [3.8, 4) is 11.5 Å². The smallest absolute Gasteiger partial charge is 0.261 e. The maximum atomic E-state index is 13.2. The number of nitrogens with zero attached hydrogens (tertiary/aromatic N) is 2. The van der Waals surface area contributed by atoms with Gasteiger partial charge in [-0.2, -0.15) is 0 Å². The van der Waals surface area contributed by atoms with Gasteiger partial charge >= 0.3 is 0 Å². The molecule has 0 unspecified atom stereocenters. The highest BCUT2D eigenvalue weighted by Gasteiger charge is 2.36. The summed E-state index contributed by atoms with van der Waals surface area (Å²) in [6.07, 6.45) is 0. The van der Waals surface area contributed by atoms with E-state index < -0.39 is 11.8 Å². The van der Waals surface area contributed by atoms with Crippen molar-refractivity contribution in [1.29, 1.82) is 0 Å². The number of nitrogens with one attached hydrogen (secondary N) is 1. The van der Waals surface area contributed by atoms with Crippen LogP contribution in [0.15, 0.2) is 60.7 Å². The predicted octanol–water partition coefficient (Wildman–Crippen LogP) is 3.59. The second-order valence-corrected chi connectivity index (χ2v) is 8.71. The van der Waals surface area contributed by atoms with Crippen LogP contribution in [0.25, 0.3) is 0 Å². The molecule has 0 atom stereocenters. The van der Waals surface area contributed by atoms with Crippen LogP contribution in [0.2, 0.25) is 0 Å². The molecule has 0 spiro atoms. The second kappa shape index (κ2) is 10.3. The molecule has 0 bridgehead atoms. The average molecular weight is 502 g/mol. The van der Waals surface area contributed by atoms with Crippen molar-refractivity contribution in [3.63, 3.8) is 0 Å². The fourth-order valence-electron chi connectivity index (χ4n) is 4.63. The van der Waals surface area contributed by atoms with E-state index in [1.807, 2.05) is 24.3 Å². The number of anilines is 2. The molecule has 2 aliphatic heterocycles. The highest BCUT2D eigenvalue weighted by Crippen LogP contribution is 2.35. The van der Waals surface area contributed by atoms with Crippen LogP contribution in [0, 0.1) is 0 Å². The van der Waals surface area contributed by atoms with E-state index in [1.54, 1.807) is 36.4 Å².